The number of aromatic amines is 2. The van der Waals surface area contributed by atoms with E-state index in [-0.39, 0.29) is 36.4 Å². The van der Waals surface area contributed by atoms with E-state index in [1.54, 1.807) is 28.2 Å². The average molecular weight is 809 g/mol. The first-order chi connectivity index (χ1) is 29.2. The van der Waals surface area contributed by atoms with Crippen LogP contribution < -0.4 is 5.32 Å². The van der Waals surface area contributed by atoms with E-state index in [4.69, 9.17) is 4.98 Å². The summed E-state index contributed by atoms with van der Waals surface area (Å²) < 4.78 is 1.77. The number of hydrogen-bond acceptors (Lipinski definition) is 7. The van der Waals surface area contributed by atoms with Crippen molar-refractivity contribution in [2.75, 3.05) is 26.2 Å². The summed E-state index contributed by atoms with van der Waals surface area (Å²) in [6.07, 6.45) is 9.29. The van der Waals surface area contributed by atoms with Gasteiger partial charge in [0.15, 0.2) is 0 Å². The Balaban J connectivity index is 0.923. The number of imidazole rings is 3. The van der Waals surface area contributed by atoms with Crippen molar-refractivity contribution in [1.82, 2.24) is 49.5 Å². The minimum atomic E-state index is -1.25. The van der Waals surface area contributed by atoms with Gasteiger partial charge in [-0.15, -0.1) is 0 Å². The van der Waals surface area contributed by atoms with Gasteiger partial charge in [0.05, 0.1) is 47.9 Å². The molecule has 5 heterocycles. The SMILES string of the molecule is CCN(CC)[C@@H](C(=O)N1CCC[C@H]1c1ncc(-c2ccc(-c3ccc(-c4cnc([C@@H]5CCCN5C(=O)[C@H](Cc5cn(C)cn5)NC(=O)O)[nH]4)cc3)cc2)[nH]1)c1ccccc1. The summed E-state index contributed by atoms with van der Waals surface area (Å²) in [5, 5.41) is 11.9. The molecule has 0 radical (unpaired) electrons. The molecule has 2 aliphatic rings. The quantitative estimate of drug-likeness (QED) is 0.0900. The fourth-order valence-corrected chi connectivity index (χ4v) is 8.84. The Bertz CT molecular complexity index is 2400. The molecule has 14 heteroatoms. The number of aryl methyl sites for hydroxylation is 1. The van der Waals surface area contributed by atoms with Crippen LogP contribution in [-0.2, 0) is 23.1 Å². The Kier molecular flexibility index (Phi) is 11.9. The van der Waals surface area contributed by atoms with Gasteiger partial charge in [0.1, 0.15) is 23.7 Å². The van der Waals surface area contributed by atoms with E-state index in [9.17, 15) is 19.5 Å². The maximum atomic E-state index is 14.2. The Labute approximate surface area is 349 Å². The Morgan fingerprint density at radius 1 is 0.750 bits per heavy atom. The first kappa shape index (κ1) is 40.2. The number of carbonyl (C=O) groups is 3. The zero-order chi connectivity index (χ0) is 41.8. The number of nitrogens with one attached hydrogen (secondary N) is 3. The van der Waals surface area contributed by atoms with Crippen molar-refractivity contribution < 1.29 is 19.5 Å². The number of H-pyrrole nitrogens is 2. The van der Waals surface area contributed by atoms with Gasteiger partial charge in [0.25, 0.3) is 0 Å². The molecule has 2 aliphatic heterocycles. The molecule has 4 N–H and O–H groups in total. The van der Waals surface area contributed by atoms with Crippen LogP contribution in [-0.4, -0.2) is 99.4 Å². The third-order valence-corrected chi connectivity index (χ3v) is 11.9. The van der Waals surface area contributed by atoms with Crippen molar-refractivity contribution in [2.24, 2.45) is 7.05 Å². The highest BCUT2D eigenvalue weighted by molar-refractivity contribution is 5.86. The maximum Gasteiger partial charge on any atom is 0.405 e. The second-order valence-corrected chi connectivity index (χ2v) is 15.7. The van der Waals surface area contributed by atoms with Gasteiger partial charge >= 0.3 is 6.09 Å². The van der Waals surface area contributed by atoms with Crippen LogP contribution in [0.4, 0.5) is 4.79 Å². The van der Waals surface area contributed by atoms with Crippen LogP contribution in [0.5, 0.6) is 0 Å². The highest BCUT2D eigenvalue weighted by atomic mass is 16.4. The van der Waals surface area contributed by atoms with Gasteiger partial charge < -0.3 is 34.8 Å². The van der Waals surface area contributed by atoms with Gasteiger partial charge in [-0.25, -0.2) is 19.7 Å². The minimum absolute atomic E-state index is 0.104. The van der Waals surface area contributed by atoms with Crippen molar-refractivity contribution >= 4 is 17.9 Å². The number of nitrogens with zero attached hydrogens (tertiary/aromatic N) is 7. The zero-order valence-corrected chi connectivity index (χ0v) is 34.3. The van der Waals surface area contributed by atoms with Crippen molar-refractivity contribution in [3.63, 3.8) is 0 Å². The normalized spacial score (nSPS) is 17.6. The van der Waals surface area contributed by atoms with Crippen LogP contribution in [0.2, 0.25) is 0 Å². The Hall–Kier alpha value is -6.54. The van der Waals surface area contributed by atoms with E-state index in [0.717, 1.165) is 83.8 Å². The minimum Gasteiger partial charge on any atom is -0.465 e. The van der Waals surface area contributed by atoms with Gasteiger partial charge in [-0.2, -0.15) is 0 Å². The second-order valence-electron chi connectivity index (χ2n) is 15.7. The van der Waals surface area contributed by atoms with E-state index in [1.807, 2.05) is 48.5 Å². The van der Waals surface area contributed by atoms with Gasteiger partial charge in [-0.1, -0.05) is 92.7 Å². The summed E-state index contributed by atoms with van der Waals surface area (Å²) in [5.74, 6) is 1.32. The van der Waals surface area contributed by atoms with Gasteiger partial charge in [-0.3, -0.25) is 14.5 Å². The molecule has 4 atom stereocenters. The van der Waals surface area contributed by atoms with Crippen LogP contribution >= 0.6 is 0 Å². The highest BCUT2D eigenvalue weighted by Gasteiger charge is 2.39. The average Bonchev–Trinajstić information content (AvgIpc) is 4.13. The predicted octanol–water partition coefficient (Wildman–Crippen LogP) is 7.16. The summed E-state index contributed by atoms with van der Waals surface area (Å²) in [4.78, 5) is 66.3. The third kappa shape index (κ3) is 8.46. The van der Waals surface area contributed by atoms with Gasteiger partial charge in [0, 0.05) is 32.8 Å². The lowest BCUT2D eigenvalue weighted by Gasteiger charge is -2.34. The molecule has 3 aromatic heterocycles. The fraction of sp³-hybridized carbons (Fsp3) is 0.348. The lowest BCUT2D eigenvalue weighted by atomic mass is 10.0. The van der Waals surface area contributed by atoms with Crippen molar-refractivity contribution in [3.05, 3.63) is 127 Å². The van der Waals surface area contributed by atoms with Crippen molar-refractivity contribution in [2.45, 2.75) is 70.1 Å². The van der Waals surface area contributed by atoms with Crippen molar-refractivity contribution in [1.29, 1.82) is 0 Å². The number of rotatable bonds is 14. The number of benzene rings is 3. The van der Waals surface area contributed by atoms with E-state index in [1.165, 1.54) is 0 Å². The lowest BCUT2D eigenvalue weighted by molar-refractivity contribution is -0.138. The van der Waals surface area contributed by atoms with Gasteiger partial charge in [-0.05, 0) is 66.6 Å². The van der Waals surface area contributed by atoms with E-state index < -0.39 is 12.1 Å². The number of likely N-dealkylation sites (tertiary alicyclic amines) is 2. The number of likely N-dealkylation sites (N-methyl/N-ethyl adjacent to an activating group) is 1. The molecule has 3 amide bonds. The largest absolute Gasteiger partial charge is 0.465 e. The van der Waals surface area contributed by atoms with Crippen LogP contribution in [0.25, 0.3) is 33.6 Å². The third-order valence-electron chi connectivity index (χ3n) is 11.9. The number of hydrogen-bond donors (Lipinski definition) is 4. The molecule has 3 aromatic carbocycles. The molecule has 14 nitrogen and oxygen atoms in total. The first-order valence-corrected chi connectivity index (χ1v) is 20.9. The van der Waals surface area contributed by atoms with E-state index in [2.05, 4.69) is 92.5 Å². The fourth-order valence-electron chi connectivity index (χ4n) is 8.84. The molecule has 310 valence electrons. The first-order valence-electron chi connectivity index (χ1n) is 20.9. The standard InChI is InChI=1S/C46H52N10O4/c1-4-54(5-2)41(34-11-7-6-8-12-34)45(58)56-24-10-14-40(56)43-48-27-38(51-43)33-21-17-31(18-22-33)30-15-19-32(20-16-30)37-26-47-42(50-37)39-13-9-23-55(39)44(57)36(52-46(59)60)25-35-28-53(3)29-49-35/h6-8,11-12,15-22,26-29,36,39-41,52H,4-5,9-10,13-14,23-25H2,1-3H3,(H,47,50)(H,48,51)(H,59,60)/t36-,39-,40-,41+/m0/s1. The molecular formula is C46H52N10O4. The maximum absolute atomic E-state index is 14.2. The Morgan fingerprint density at radius 2 is 1.27 bits per heavy atom. The molecule has 0 unspecified atom stereocenters. The molecule has 0 saturated carbocycles. The number of carboxylic acid groups (broad SMARTS) is 1. The molecular weight excluding hydrogens is 757 g/mol. The Morgan fingerprint density at radius 3 is 1.75 bits per heavy atom. The summed E-state index contributed by atoms with van der Waals surface area (Å²) in [6, 6.07) is 25.1. The molecule has 2 fully saturated rings. The van der Waals surface area contributed by atoms with Crippen LogP contribution in [0, 0.1) is 0 Å². The number of carbonyl (C=O) groups excluding carboxylic acids is 2. The monoisotopic (exact) mass is 808 g/mol. The van der Waals surface area contributed by atoms with Crippen LogP contribution in [0.1, 0.15) is 80.6 Å². The number of amides is 3. The smallest absolute Gasteiger partial charge is 0.405 e. The van der Waals surface area contributed by atoms with Gasteiger partial charge in [0.2, 0.25) is 11.8 Å². The zero-order valence-electron chi connectivity index (χ0n) is 34.3. The second kappa shape index (κ2) is 17.8. The summed E-state index contributed by atoms with van der Waals surface area (Å²) in [6.45, 7) is 7.01. The number of aromatic nitrogens is 6. The van der Waals surface area contributed by atoms with Crippen LogP contribution in [0.3, 0.4) is 0 Å². The van der Waals surface area contributed by atoms with Crippen LogP contribution in [0.15, 0.2) is 104 Å². The molecule has 6 aromatic rings. The lowest BCUT2D eigenvalue weighted by Crippen LogP contribution is -2.49. The topological polar surface area (TPSA) is 168 Å². The molecule has 0 spiro atoms. The van der Waals surface area contributed by atoms with E-state index in [0.29, 0.717) is 24.6 Å². The van der Waals surface area contributed by atoms with Crippen molar-refractivity contribution in [3.8, 4) is 33.6 Å². The molecule has 8 rings (SSSR count). The molecule has 0 aliphatic carbocycles. The summed E-state index contributed by atoms with van der Waals surface area (Å²) in [5.41, 5.74) is 7.51. The molecule has 60 heavy (non-hydrogen) atoms. The summed E-state index contributed by atoms with van der Waals surface area (Å²) >= 11 is 0. The summed E-state index contributed by atoms with van der Waals surface area (Å²) in [7, 11) is 1.83. The predicted molar refractivity (Wildman–Crippen MR) is 228 cm³/mol. The molecule has 0 bridgehead atoms. The van der Waals surface area contributed by atoms with E-state index >= 15 is 0 Å². The highest BCUT2D eigenvalue weighted by Crippen LogP contribution is 2.37. The molecule has 2 saturated heterocycles.